The van der Waals surface area contributed by atoms with Crippen LogP contribution in [0.25, 0.3) is 0 Å². The zero-order valence-electron chi connectivity index (χ0n) is 23.0. The number of nitrogens with one attached hydrogen (secondary N) is 4. The van der Waals surface area contributed by atoms with E-state index in [1.807, 2.05) is 6.07 Å². The molecule has 0 saturated heterocycles. The molecule has 0 bridgehead atoms. The van der Waals surface area contributed by atoms with Gasteiger partial charge < -0.3 is 49.0 Å². The fourth-order valence-electron chi connectivity index (χ4n) is 3.93. The van der Waals surface area contributed by atoms with Gasteiger partial charge in [0, 0.05) is 31.3 Å². The molecule has 2 aromatic rings. The molecule has 0 aliphatic carbocycles. The van der Waals surface area contributed by atoms with Crippen molar-refractivity contribution in [1.82, 2.24) is 25.9 Å². The maximum absolute atomic E-state index is 13.3. The SMILES string of the molecule is NC(=O)CCC(NC(=O)C(N)Cc1ccccc1)C(=O)NC(CCCN=C(N)N)C(=O)NC(Cc1cnc[nH]1)C(=O)O. The number of aliphatic carboxylic acids is 1. The number of hydrogen-bond acceptors (Lipinski definition) is 8. The predicted molar refractivity (Wildman–Crippen MR) is 152 cm³/mol. The summed E-state index contributed by atoms with van der Waals surface area (Å²) in [5, 5.41) is 17.1. The normalized spacial score (nSPS) is 13.5. The van der Waals surface area contributed by atoms with Crippen molar-refractivity contribution in [2.45, 2.75) is 62.7 Å². The zero-order chi connectivity index (χ0) is 31.1. The summed E-state index contributed by atoms with van der Waals surface area (Å²) in [4.78, 5) is 73.1. The van der Waals surface area contributed by atoms with Crippen LogP contribution >= 0.6 is 0 Å². The summed E-state index contributed by atoms with van der Waals surface area (Å²) in [6, 6.07) is 4.17. The molecule has 0 fully saturated rings. The molecule has 16 heteroatoms. The number of carboxylic acids is 1. The van der Waals surface area contributed by atoms with Crippen LogP contribution in [0.3, 0.4) is 0 Å². The molecule has 4 unspecified atom stereocenters. The monoisotopic (exact) mass is 586 g/mol. The van der Waals surface area contributed by atoms with E-state index in [-0.39, 0.29) is 51.0 Å². The quantitative estimate of drug-likeness (QED) is 0.0498. The Hall–Kier alpha value is -4.99. The number of carbonyl (C=O) groups is 5. The first kappa shape index (κ1) is 33.2. The van der Waals surface area contributed by atoms with Gasteiger partial charge in [0.2, 0.25) is 23.6 Å². The Morgan fingerprint density at radius 2 is 1.50 bits per heavy atom. The highest BCUT2D eigenvalue weighted by Gasteiger charge is 2.30. The molecule has 0 saturated carbocycles. The Morgan fingerprint density at radius 1 is 0.881 bits per heavy atom. The first-order valence-corrected chi connectivity index (χ1v) is 13.2. The van der Waals surface area contributed by atoms with Gasteiger partial charge in [-0.1, -0.05) is 30.3 Å². The molecule has 1 heterocycles. The second kappa shape index (κ2) is 17.0. The number of carbonyl (C=O) groups excluding carboxylic acids is 4. The lowest BCUT2D eigenvalue weighted by atomic mass is 10.0. The number of imidazole rings is 1. The molecule has 1 aromatic heterocycles. The predicted octanol–water partition coefficient (Wildman–Crippen LogP) is -2.62. The molecule has 0 aliphatic rings. The number of benzene rings is 1. The largest absolute Gasteiger partial charge is 0.480 e. The van der Waals surface area contributed by atoms with E-state index < -0.39 is 53.8 Å². The maximum Gasteiger partial charge on any atom is 0.326 e. The van der Waals surface area contributed by atoms with Crippen molar-refractivity contribution in [1.29, 1.82) is 0 Å². The lowest BCUT2D eigenvalue weighted by Crippen LogP contribution is -2.57. The van der Waals surface area contributed by atoms with Crippen molar-refractivity contribution in [3.63, 3.8) is 0 Å². The van der Waals surface area contributed by atoms with Crippen molar-refractivity contribution < 1.29 is 29.1 Å². The van der Waals surface area contributed by atoms with Gasteiger partial charge in [-0.15, -0.1) is 0 Å². The number of aromatic nitrogens is 2. The van der Waals surface area contributed by atoms with E-state index in [1.54, 1.807) is 24.3 Å². The Morgan fingerprint density at radius 3 is 2.07 bits per heavy atom. The molecular formula is C26H38N10O6. The van der Waals surface area contributed by atoms with Crippen molar-refractivity contribution in [2.24, 2.45) is 27.9 Å². The molecule has 13 N–H and O–H groups in total. The third-order valence-corrected chi connectivity index (χ3v) is 6.12. The Bertz CT molecular complexity index is 1220. The fourth-order valence-corrected chi connectivity index (χ4v) is 3.93. The van der Waals surface area contributed by atoms with Gasteiger partial charge in [-0.2, -0.15) is 0 Å². The average molecular weight is 587 g/mol. The van der Waals surface area contributed by atoms with E-state index in [1.165, 1.54) is 12.5 Å². The number of aromatic amines is 1. The lowest BCUT2D eigenvalue weighted by Gasteiger charge is -2.25. The summed E-state index contributed by atoms with van der Waals surface area (Å²) < 4.78 is 0. The second-order valence-electron chi connectivity index (χ2n) is 9.55. The molecule has 0 spiro atoms. The lowest BCUT2D eigenvalue weighted by molar-refractivity contribution is -0.142. The highest BCUT2D eigenvalue weighted by atomic mass is 16.4. The van der Waals surface area contributed by atoms with Crippen LogP contribution in [0.15, 0.2) is 47.8 Å². The number of nitrogens with zero attached hydrogens (tertiary/aromatic N) is 2. The molecule has 2 rings (SSSR count). The highest BCUT2D eigenvalue weighted by Crippen LogP contribution is 2.07. The van der Waals surface area contributed by atoms with E-state index in [0.29, 0.717) is 5.69 Å². The Kier molecular flexibility index (Phi) is 13.4. The molecular weight excluding hydrogens is 548 g/mol. The van der Waals surface area contributed by atoms with Gasteiger partial charge in [0.1, 0.15) is 18.1 Å². The molecule has 1 aromatic carbocycles. The maximum atomic E-state index is 13.3. The summed E-state index contributed by atoms with van der Waals surface area (Å²) in [6.45, 7) is 0.134. The van der Waals surface area contributed by atoms with Crippen LogP contribution in [0.4, 0.5) is 0 Å². The van der Waals surface area contributed by atoms with E-state index >= 15 is 0 Å². The standard InChI is InChI=1S/C26H38N10O6/c27-17(11-15-5-2-1-3-6-15)22(38)34-19(8-9-21(28)37)24(40)35-18(7-4-10-32-26(29)30)23(39)36-20(25(41)42)12-16-13-31-14-33-16/h1-3,5-6,13-14,17-20H,4,7-12,27H2,(H2,28,37)(H,31,33)(H,34,38)(H,35,40)(H,36,39)(H,41,42)(H4,29,30,32). The molecule has 4 amide bonds. The summed E-state index contributed by atoms with van der Waals surface area (Å²) in [5.74, 6) is -4.40. The molecule has 16 nitrogen and oxygen atoms in total. The number of nitrogens with two attached hydrogens (primary N) is 4. The van der Waals surface area contributed by atoms with E-state index in [0.717, 1.165) is 5.56 Å². The van der Waals surface area contributed by atoms with Crippen LogP contribution in [-0.4, -0.2) is 81.3 Å². The van der Waals surface area contributed by atoms with Gasteiger partial charge in [0.25, 0.3) is 0 Å². The van der Waals surface area contributed by atoms with Crippen LogP contribution in [0.1, 0.15) is 36.9 Å². The van der Waals surface area contributed by atoms with E-state index in [2.05, 4.69) is 30.9 Å². The second-order valence-corrected chi connectivity index (χ2v) is 9.55. The highest BCUT2D eigenvalue weighted by molar-refractivity contribution is 5.94. The minimum atomic E-state index is -1.34. The number of amides is 4. The number of hydrogen-bond donors (Lipinski definition) is 9. The summed E-state index contributed by atoms with van der Waals surface area (Å²) >= 11 is 0. The van der Waals surface area contributed by atoms with Gasteiger partial charge in [-0.25, -0.2) is 9.78 Å². The van der Waals surface area contributed by atoms with Crippen LogP contribution < -0.4 is 38.9 Å². The van der Waals surface area contributed by atoms with Crippen molar-refractivity contribution in [2.75, 3.05) is 6.54 Å². The summed E-state index contributed by atoms with van der Waals surface area (Å²) in [6.07, 6.45) is 2.76. The number of primary amides is 1. The van der Waals surface area contributed by atoms with Crippen molar-refractivity contribution in [3.05, 3.63) is 54.1 Å². The molecule has 42 heavy (non-hydrogen) atoms. The third kappa shape index (κ3) is 12.0. The van der Waals surface area contributed by atoms with Crippen LogP contribution in [0, 0.1) is 0 Å². The Balaban J connectivity index is 2.17. The number of rotatable bonds is 18. The first-order chi connectivity index (χ1) is 20.0. The fraction of sp³-hybridized carbons (Fsp3) is 0.423. The first-order valence-electron chi connectivity index (χ1n) is 13.2. The molecule has 228 valence electrons. The van der Waals surface area contributed by atoms with Gasteiger partial charge in [-0.05, 0) is 31.2 Å². The van der Waals surface area contributed by atoms with Gasteiger partial charge in [0.05, 0.1) is 12.4 Å². The van der Waals surface area contributed by atoms with Gasteiger partial charge >= 0.3 is 5.97 Å². The van der Waals surface area contributed by atoms with Gasteiger partial charge in [-0.3, -0.25) is 24.2 Å². The Labute approximate surface area is 242 Å². The smallest absolute Gasteiger partial charge is 0.326 e. The number of carboxylic acid groups (broad SMARTS) is 1. The zero-order valence-corrected chi connectivity index (χ0v) is 23.0. The average Bonchev–Trinajstić information content (AvgIpc) is 3.45. The number of H-pyrrole nitrogens is 1. The number of guanidine groups is 1. The summed E-state index contributed by atoms with van der Waals surface area (Å²) in [5.41, 5.74) is 23.3. The van der Waals surface area contributed by atoms with E-state index in [9.17, 15) is 29.1 Å². The molecule has 4 atom stereocenters. The van der Waals surface area contributed by atoms with Crippen LogP contribution in [0.5, 0.6) is 0 Å². The number of aliphatic imine (C=N–C) groups is 1. The minimum absolute atomic E-state index is 0.0226. The third-order valence-electron chi connectivity index (χ3n) is 6.12. The summed E-state index contributed by atoms with van der Waals surface area (Å²) in [7, 11) is 0. The molecule has 0 aliphatic heterocycles. The van der Waals surface area contributed by atoms with E-state index in [4.69, 9.17) is 22.9 Å². The van der Waals surface area contributed by atoms with Gasteiger partial charge in [0.15, 0.2) is 5.96 Å². The topological polar surface area (TPSA) is 287 Å². The van der Waals surface area contributed by atoms with Crippen molar-refractivity contribution >= 4 is 35.6 Å². The molecule has 0 radical (unpaired) electrons. The minimum Gasteiger partial charge on any atom is -0.480 e. The van der Waals surface area contributed by atoms with Crippen LogP contribution in [-0.2, 0) is 36.8 Å². The van der Waals surface area contributed by atoms with Crippen molar-refractivity contribution in [3.8, 4) is 0 Å². The van der Waals surface area contributed by atoms with Crippen LogP contribution in [0.2, 0.25) is 0 Å².